The lowest BCUT2D eigenvalue weighted by Gasteiger charge is -2.14. The zero-order chi connectivity index (χ0) is 12.2. The molecule has 0 aliphatic heterocycles. The summed E-state index contributed by atoms with van der Waals surface area (Å²) in [5.74, 6) is -1.10. The predicted octanol–water partition coefficient (Wildman–Crippen LogP) is 2.39. The maximum Gasteiger partial charge on any atom is 0.452 e. The second-order valence-electron chi connectivity index (χ2n) is 3.13. The SMILES string of the molecule is CCC(COC)Nc1nc(C(F)(F)F)ns1. The van der Waals surface area contributed by atoms with Crippen LogP contribution in [0.1, 0.15) is 19.2 Å². The summed E-state index contributed by atoms with van der Waals surface area (Å²) in [6, 6.07) is -0.0565. The zero-order valence-corrected chi connectivity index (χ0v) is 9.65. The molecule has 1 heterocycles. The van der Waals surface area contributed by atoms with E-state index in [4.69, 9.17) is 4.74 Å². The molecule has 1 aromatic rings. The highest BCUT2D eigenvalue weighted by atomic mass is 32.1. The summed E-state index contributed by atoms with van der Waals surface area (Å²) in [7, 11) is 1.53. The van der Waals surface area contributed by atoms with E-state index in [0.717, 1.165) is 6.42 Å². The van der Waals surface area contributed by atoms with Crippen molar-refractivity contribution >= 4 is 16.7 Å². The number of alkyl halides is 3. The first-order valence-corrected chi connectivity index (χ1v) is 5.41. The van der Waals surface area contributed by atoms with Crippen molar-refractivity contribution in [2.45, 2.75) is 25.6 Å². The van der Waals surface area contributed by atoms with Crippen molar-refractivity contribution in [1.29, 1.82) is 0 Å². The Labute approximate surface area is 95.0 Å². The number of methoxy groups -OCH3 is 1. The normalized spacial score (nSPS) is 13.8. The molecule has 1 atom stereocenters. The van der Waals surface area contributed by atoms with Crippen LogP contribution >= 0.6 is 11.5 Å². The molecule has 1 rings (SSSR count). The molecule has 1 aromatic heterocycles. The molecular weight excluding hydrogens is 243 g/mol. The van der Waals surface area contributed by atoms with Gasteiger partial charge in [0.05, 0.1) is 12.6 Å². The lowest BCUT2D eigenvalue weighted by Crippen LogP contribution is -2.23. The minimum atomic E-state index is -4.49. The molecule has 1 N–H and O–H groups in total. The van der Waals surface area contributed by atoms with E-state index in [1.165, 1.54) is 7.11 Å². The van der Waals surface area contributed by atoms with Gasteiger partial charge in [0.25, 0.3) is 0 Å². The molecular formula is C8H12F3N3OS. The van der Waals surface area contributed by atoms with Crippen LogP contribution in [0.2, 0.25) is 0 Å². The summed E-state index contributed by atoms with van der Waals surface area (Å²) in [6.45, 7) is 2.32. The average Bonchev–Trinajstić information content (AvgIpc) is 2.65. The van der Waals surface area contributed by atoms with Crippen molar-refractivity contribution in [3.05, 3.63) is 5.82 Å². The molecule has 92 valence electrons. The lowest BCUT2D eigenvalue weighted by molar-refractivity contribution is -0.144. The zero-order valence-electron chi connectivity index (χ0n) is 8.84. The molecule has 0 aliphatic carbocycles. The summed E-state index contributed by atoms with van der Waals surface area (Å²) >= 11 is 0.698. The topological polar surface area (TPSA) is 47.0 Å². The van der Waals surface area contributed by atoms with Crippen LogP contribution in [0.15, 0.2) is 0 Å². The van der Waals surface area contributed by atoms with Crippen molar-refractivity contribution in [3.8, 4) is 0 Å². The maximum absolute atomic E-state index is 12.2. The van der Waals surface area contributed by atoms with Gasteiger partial charge >= 0.3 is 6.18 Å². The minimum Gasteiger partial charge on any atom is -0.383 e. The van der Waals surface area contributed by atoms with E-state index >= 15 is 0 Å². The third-order valence-corrected chi connectivity index (χ3v) is 2.51. The van der Waals surface area contributed by atoms with E-state index in [9.17, 15) is 13.2 Å². The van der Waals surface area contributed by atoms with Crippen molar-refractivity contribution in [3.63, 3.8) is 0 Å². The Bertz CT molecular complexity index is 329. The van der Waals surface area contributed by atoms with E-state index < -0.39 is 12.0 Å². The summed E-state index contributed by atoms with van der Waals surface area (Å²) < 4.78 is 44.7. The third-order valence-electron chi connectivity index (χ3n) is 1.87. The monoisotopic (exact) mass is 255 g/mol. The van der Waals surface area contributed by atoms with Gasteiger partial charge in [-0.15, -0.1) is 0 Å². The van der Waals surface area contributed by atoms with E-state index in [1.807, 2.05) is 6.92 Å². The average molecular weight is 255 g/mol. The molecule has 16 heavy (non-hydrogen) atoms. The van der Waals surface area contributed by atoms with Gasteiger partial charge in [0.2, 0.25) is 11.0 Å². The molecule has 0 amide bonds. The number of hydrogen-bond acceptors (Lipinski definition) is 5. The molecule has 0 radical (unpaired) electrons. The maximum atomic E-state index is 12.2. The summed E-state index contributed by atoms with van der Waals surface area (Å²) in [6.07, 6.45) is -3.76. The third kappa shape index (κ3) is 3.60. The first kappa shape index (κ1) is 13.2. The number of rotatable bonds is 5. The molecule has 4 nitrogen and oxygen atoms in total. The minimum absolute atomic E-state index is 0.0565. The largest absolute Gasteiger partial charge is 0.452 e. The predicted molar refractivity (Wildman–Crippen MR) is 54.5 cm³/mol. The summed E-state index contributed by atoms with van der Waals surface area (Å²) in [4.78, 5) is 3.37. The fourth-order valence-corrected chi connectivity index (χ4v) is 1.70. The molecule has 0 fully saturated rings. The van der Waals surface area contributed by atoms with Crippen LogP contribution in [0, 0.1) is 0 Å². The second-order valence-corrected chi connectivity index (χ2v) is 3.88. The van der Waals surface area contributed by atoms with Gasteiger partial charge in [0.1, 0.15) is 0 Å². The molecule has 0 bridgehead atoms. The van der Waals surface area contributed by atoms with Crippen LogP contribution < -0.4 is 5.32 Å². The van der Waals surface area contributed by atoms with Gasteiger partial charge in [0, 0.05) is 18.6 Å². The van der Waals surface area contributed by atoms with Gasteiger partial charge in [-0.25, -0.2) is 0 Å². The number of nitrogens with one attached hydrogen (secondary N) is 1. The van der Waals surface area contributed by atoms with Crippen LogP contribution in [-0.2, 0) is 10.9 Å². The Hall–Kier alpha value is -0.890. The Balaban J connectivity index is 2.64. The number of halogens is 3. The second kappa shape index (κ2) is 5.44. The van der Waals surface area contributed by atoms with Gasteiger partial charge < -0.3 is 10.1 Å². The quantitative estimate of drug-likeness (QED) is 0.877. The Kier molecular flexibility index (Phi) is 4.48. The van der Waals surface area contributed by atoms with Crippen molar-refractivity contribution < 1.29 is 17.9 Å². The van der Waals surface area contributed by atoms with Gasteiger partial charge in [-0.1, -0.05) is 6.92 Å². The Morgan fingerprint density at radius 1 is 1.50 bits per heavy atom. The van der Waals surface area contributed by atoms with Gasteiger partial charge in [-0.05, 0) is 6.42 Å². The smallest absolute Gasteiger partial charge is 0.383 e. The highest BCUT2D eigenvalue weighted by Gasteiger charge is 2.36. The highest BCUT2D eigenvalue weighted by molar-refractivity contribution is 7.09. The van der Waals surface area contributed by atoms with Crippen molar-refractivity contribution in [1.82, 2.24) is 9.36 Å². The van der Waals surface area contributed by atoms with Gasteiger partial charge in [0.15, 0.2) is 0 Å². The molecule has 0 aliphatic rings. The molecule has 8 heteroatoms. The van der Waals surface area contributed by atoms with Crippen molar-refractivity contribution in [2.75, 3.05) is 19.0 Å². The molecule has 0 aromatic carbocycles. The fraction of sp³-hybridized carbons (Fsp3) is 0.750. The standard InChI is InChI=1S/C8H12F3N3OS/c1-3-5(4-15-2)12-7-13-6(14-16-7)8(9,10)11/h5H,3-4H2,1-2H3,(H,12,13,14). The van der Waals surface area contributed by atoms with E-state index in [1.54, 1.807) is 0 Å². The van der Waals surface area contributed by atoms with E-state index in [2.05, 4.69) is 14.7 Å². The highest BCUT2D eigenvalue weighted by Crippen LogP contribution is 2.29. The summed E-state index contributed by atoms with van der Waals surface area (Å²) in [5, 5.41) is 3.01. The number of nitrogens with zero attached hydrogens (tertiary/aromatic N) is 2. The first-order valence-electron chi connectivity index (χ1n) is 4.63. The van der Waals surface area contributed by atoms with Crippen LogP contribution in [-0.4, -0.2) is 29.1 Å². The van der Waals surface area contributed by atoms with Crippen LogP contribution in [0.5, 0.6) is 0 Å². The van der Waals surface area contributed by atoms with Crippen LogP contribution in [0.4, 0.5) is 18.3 Å². The number of ether oxygens (including phenoxy) is 1. The lowest BCUT2D eigenvalue weighted by atomic mass is 10.2. The molecule has 1 unspecified atom stereocenters. The van der Waals surface area contributed by atoms with Gasteiger partial charge in [-0.2, -0.15) is 22.5 Å². The molecule has 0 saturated carbocycles. The Morgan fingerprint density at radius 3 is 2.62 bits per heavy atom. The molecule has 0 saturated heterocycles. The fourth-order valence-electron chi connectivity index (χ4n) is 1.03. The van der Waals surface area contributed by atoms with Crippen molar-refractivity contribution in [2.24, 2.45) is 0 Å². The summed E-state index contributed by atoms with van der Waals surface area (Å²) in [5.41, 5.74) is 0. The Morgan fingerprint density at radius 2 is 2.19 bits per heavy atom. The van der Waals surface area contributed by atoms with E-state index in [-0.39, 0.29) is 11.2 Å². The van der Waals surface area contributed by atoms with E-state index in [0.29, 0.717) is 18.1 Å². The number of aromatic nitrogens is 2. The van der Waals surface area contributed by atoms with Gasteiger partial charge in [-0.3, -0.25) is 0 Å². The molecule has 0 spiro atoms. The van der Waals surface area contributed by atoms with Crippen LogP contribution in [0.25, 0.3) is 0 Å². The van der Waals surface area contributed by atoms with Crippen LogP contribution in [0.3, 0.4) is 0 Å². The first-order chi connectivity index (χ1) is 7.47. The number of anilines is 1. The number of hydrogen-bond donors (Lipinski definition) is 1.